The number of nitrogens with zero attached hydrogens (tertiary/aromatic N) is 2. The summed E-state index contributed by atoms with van der Waals surface area (Å²) in [4.78, 5) is 25.5. The summed E-state index contributed by atoms with van der Waals surface area (Å²) in [6.07, 6.45) is 1.59. The molecule has 1 aliphatic heterocycles. The lowest BCUT2D eigenvalue weighted by Crippen LogP contribution is -2.30. The van der Waals surface area contributed by atoms with Crippen LogP contribution < -0.4 is 14.8 Å². The van der Waals surface area contributed by atoms with Crippen LogP contribution in [0, 0.1) is 0 Å². The van der Waals surface area contributed by atoms with Crippen LogP contribution in [0.15, 0.2) is 48.5 Å². The fourth-order valence-corrected chi connectivity index (χ4v) is 4.02. The van der Waals surface area contributed by atoms with Crippen LogP contribution >= 0.6 is 0 Å². The molecule has 0 spiro atoms. The molecule has 0 saturated carbocycles. The van der Waals surface area contributed by atoms with Gasteiger partial charge >= 0.3 is 5.97 Å². The first-order chi connectivity index (χ1) is 15.6. The van der Waals surface area contributed by atoms with Gasteiger partial charge in [0.2, 0.25) is 0 Å². The molecule has 0 saturated heterocycles. The van der Waals surface area contributed by atoms with E-state index in [2.05, 4.69) is 10.4 Å². The van der Waals surface area contributed by atoms with E-state index >= 15 is 0 Å². The molecule has 8 nitrogen and oxygen atoms in total. The molecule has 2 heterocycles. The highest BCUT2D eigenvalue weighted by Gasteiger charge is 2.30. The average Bonchev–Trinajstić information content (AvgIpc) is 3.42. The number of carbonyl (C=O) groups is 2. The minimum Gasteiger partial charge on any atom is -0.486 e. The van der Waals surface area contributed by atoms with E-state index in [9.17, 15) is 9.59 Å². The Bertz CT molecular complexity index is 1170. The maximum atomic E-state index is 12.9. The van der Waals surface area contributed by atoms with Crippen molar-refractivity contribution in [2.75, 3.05) is 18.5 Å². The molecule has 0 unspecified atom stereocenters. The van der Waals surface area contributed by atoms with E-state index in [0.29, 0.717) is 30.4 Å². The zero-order chi connectivity index (χ0) is 22.1. The van der Waals surface area contributed by atoms with E-state index in [1.807, 2.05) is 30.3 Å². The zero-order valence-electron chi connectivity index (χ0n) is 17.7. The van der Waals surface area contributed by atoms with Gasteiger partial charge in [0.25, 0.3) is 5.91 Å². The Morgan fingerprint density at radius 1 is 1.06 bits per heavy atom. The lowest BCUT2D eigenvalue weighted by Gasteiger charge is -2.19. The standard InChI is InChI=1S/C24H23N3O5/c1-15(23(28)25-16-10-11-20-21(14-16)31-13-12-30-20)32-24(29)22-18-8-5-9-19(18)27(26-22)17-6-3-2-4-7-17/h2-4,6-7,10-11,14-15H,5,8-9,12-13H2,1H3,(H,25,28)/t15-/m0/s1. The van der Waals surface area contributed by atoms with Gasteiger partial charge in [0.15, 0.2) is 23.3 Å². The molecule has 8 heteroatoms. The molecule has 1 atom stereocenters. The lowest BCUT2D eigenvalue weighted by molar-refractivity contribution is -0.123. The van der Waals surface area contributed by atoms with Crippen LogP contribution in [0.5, 0.6) is 11.5 Å². The number of para-hydroxylation sites is 1. The number of amides is 1. The number of ether oxygens (including phenoxy) is 3. The van der Waals surface area contributed by atoms with E-state index in [1.165, 1.54) is 0 Å². The maximum absolute atomic E-state index is 12.9. The molecule has 2 aromatic carbocycles. The van der Waals surface area contributed by atoms with Crippen LogP contribution in [0.3, 0.4) is 0 Å². The van der Waals surface area contributed by atoms with Gasteiger partial charge in [-0.05, 0) is 50.5 Å². The van der Waals surface area contributed by atoms with Gasteiger partial charge < -0.3 is 19.5 Å². The number of hydrogen-bond acceptors (Lipinski definition) is 6. The molecule has 2 aliphatic rings. The summed E-state index contributed by atoms with van der Waals surface area (Å²) in [7, 11) is 0. The molecule has 1 N–H and O–H groups in total. The van der Waals surface area contributed by atoms with Crippen LogP contribution in [0.25, 0.3) is 5.69 Å². The Balaban J connectivity index is 1.29. The molecule has 32 heavy (non-hydrogen) atoms. The van der Waals surface area contributed by atoms with Crippen molar-refractivity contribution < 1.29 is 23.8 Å². The van der Waals surface area contributed by atoms with Gasteiger partial charge in [0, 0.05) is 23.0 Å². The second-order valence-electron chi connectivity index (χ2n) is 7.77. The van der Waals surface area contributed by atoms with Crippen molar-refractivity contribution in [3.63, 3.8) is 0 Å². The van der Waals surface area contributed by atoms with E-state index in [-0.39, 0.29) is 5.69 Å². The van der Waals surface area contributed by atoms with Crippen molar-refractivity contribution in [1.82, 2.24) is 9.78 Å². The number of anilines is 1. The fourth-order valence-electron chi connectivity index (χ4n) is 4.02. The summed E-state index contributed by atoms with van der Waals surface area (Å²) in [6, 6.07) is 14.8. The van der Waals surface area contributed by atoms with Crippen LogP contribution in [0.1, 0.15) is 35.1 Å². The first kappa shape index (κ1) is 20.1. The van der Waals surface area contributed by atoms with Gasteiger partial charge in [-0.25, -0.2) is 9.48 Å². The first-order valence-electron chi connectivity index (χ1n) is 10.7. The van der Waals surface area contributed by atoms with Crippen molar-refractivity contribution in [2.24, 2.45) is 0 Å². The number of esters is 1. The van der Waals surface area contributed by atoms with Crippen LogP contribution in [-0.2, 0) is 22.4 Å². The van der Waals surface area contributed by atoms with Gasteiger partial charge in [-0.15, -0.1) is 0 Å². The number of fused-ring (bicyclic) bond motifs is 2. The Kier molecular flexibility index (Phi) is 5.26. The summed E-state index contributed by atoms with van der Waals surface area (Å²) in [5, 5.41) is 7.28. The summed E-state index contributed by atoms with van der Waals surface area (Å²) in [6.45, 7) is 2.49. The second kappa shape index (κ2) is 8.37. The minimum absolute atomic E-state index is 0.278. The molecular weight excluding hydrogens is 410 g/mol. The maximum Gasteiger partial charge on any atom is 0.359 e. The summed E-state index contributed by atoms with van der Waals surface area (Å²) >= 11 is 0. The molecule has 1 aromatic heterocycles. The minimum atomic E-state index is -0.991. The summed E-state index contributed by atoms with van der Waals surface area (Å²) in [5.74, 6) is 0.175. The summed E-state index contributed by atoms with van der Waals surface area (Å²) < 4.78 is 18.3. The average molecular weight is 433 g/mol. The van der Waals surface area contributed by atoms with Gasteiger partial charge in [-0.1, -0.05) is 18.2 Å². The predicted molar refractivity (Wildman–Crippen MR) is 117 cm³/mol. The number of hydrogen-bond donors (Lipinski definition) is 1. The van der Waals surface area contributed by atoms with E-state index in [4.69, 9.17) is 14.2 Å². The molecule has 0 fully saturated rings. The normalized spacial score (nSPS) is 15.0. The number of nitrogens with one attached hydrogen (secondary N) is 1. The number of carbonyl (C=O) groups excluding carboxylic acids is 2. The Morgan fingerprint density at radius 3 is 2.66 bits per heavy atom. The highest BCUT2D eigenvalue weighted by Crippen LogP contribution is 2.33. The van der Waals surface area contributed by atoms with Crippen LogP contribution in [0.4, 0.5) is 5.69 Å². The van der Waals surface area contributed by atoms with Crippen molar-refractivity contribution in [3.8, 4) is 17.2 Å². The molecule has 3 aromatic rings. The van der Waals surface area contributed by atoms with Crippen LogP contribution in [0.2, 0.25) is 0 Å². The van der Waals surface area contributed by atoms with E-state index in [0.717, 1.165) is 36.2 Å². The Labute approximate surface area is 185 Å². The smallest absolute Gasteiger partial charge is 0.359 e. The van der Waals surface area contributed by atoms with E-state index in [1.54, 1.807) is 29.8 Å². The van der Waals surface area contributed by atoms with Crippen molar-refractivity contribution in [3.05, 3.63) is 65.5 Å². The number of aromatic nitrogens is 2. The Morgan fingerprint density at radius 2 is 1.84 bits per heavy atom. The first-order valence-corrected chi connectivity index (χ1v) is 10.7. The summed E-state index contributed by atoms with van der Waals surface area (Å²) in [5.41, 5.74) is 3.64. The van der Waals surface area contributed by atoms with Gasteiger partial charge in [0.1, 0.15) is 13.2 Å². The molecule has 164 valence electrons. The third-order valence-corrected chi connectivity index (χ3v) is 5.59. The lowest BCUT2D eigenvalue weighted by atomic mass is 10.2. The third kappa shape index (κ3) is 3.79. The molecule has 1 aliphatic carbocycles. The quantitative estimate of drug-likeness (QED) is 0.621. The molecule has 1 amide bonds. The predicted octanol–water partition coefficient (Wildman–Crippen LogP) is 3.32. The van der Waals surface area contributed by atoms with Crippen molar-refractivity contribution >= 4 is 17.6 Å². The molecule has 0 radical (unpaired) electrons. The van der Waals surface area contributed by atoms with Gasteiger partial charge in [-0.2, -0.15) is 5.10 Å². The molecule has 5 rings (SSSR count). The van der Waals surface area contributed by atoms with Gasteiger partial charge in [0.05, 0.1) is 5.69 Å². The van der Waals surface area contributed by atoms with Gasteiger partial charge in [-0.3, -0.25) is 4.79 Å². The highest BCUT2D eigenvalue weighted by atomic mass is 16.6. The fraction of sp³-hybridized carbons (Fsp3) is 0.292. The SMILES string of the molecule is C[C@H](OC(=O)c1nn(-c2ccccc2)c2c1CCC2)C(=O)Nc1ccc2c(c1)OCCO2. The van der Waals surface area contributed by atoms with E-state index < -0.39 is 18.0 Å². The number of benzene rings is 2. The molecule has 0 bridgehead atoms. The third-order valence-electron chi connectivity index (χ3n) is 5.59. The monoisotopic (exact) mass is 433 g/mol. The molecular formula is C24H23N3O5. The number of rotatable bonds is 5. The largest absolute Gasteiger partial charge is 0.486 e. The van der Waals surface area contributed by atoms with Crippen LogP contribution in [-0.4, -0.2) is 41.0 Å². The second-order valence-corrected chi connectivity index (χ2v) is 7.77. The van der Waals surface area contributed by atoms with Crippen molar-refractivity contribution in [1.29, 1.82) is 0 Å². The zero-order valence-corrected chi connectivity index (χ0v) is 17.7. The highest BCUT2D eigenvalue weighted by molar-refractivity contribution is 5.97. The van der Waals surface area contributed by atoms with Crippen molar-refractivity contribution in [2.45, 2.75) is 32.3 Å². The Hall–Kier alpha value is -3.81. The topological polar surface area (TPSA) is 91.7 Å².